The van der Waals surface area contributed by atoms with Crippen LogP contribution in [-0.2, 0) is 9.47 Å². The number of ether oxygens (including phenoxy) is 2. The maximum atomic E-state index is 12.3. The van der Waals surface area contributed by atoms with Crippen LogP contribution in [0.4, 0.5) is 0 Å². The first-order valence-electron chi connectivity index (χ1n) is 7.92. The molecular weight excluding hydrogens is 336 g/mol. The normalized spacial score (nSPS) is 19.4. The van der Waals surface area contributed by atoms with Crippen LogP contribution in [0.1, 0.15) is 20.7 Å². The van der Waals surface area contributed by atoms with Gasteiger partial charge in [-0.2, -0.15) is 0 Å². The fourth-order valence-electron chi connectivity index (χ4n) is 2.51. The molecule has 1 aliphatic heterocycles. The Morgan fingerprint density at radius 3 is 2.12 bits per heavy atom. The van der Waals surface area contributed by atoms with Crippen LogP contribution >= 0.6 is 11.8 Å². The topological polar surface area (TPSA) is 52.6 Å². The lowest BCUT2D eigenvalue weighted by atomic mass is 10.1. The van der Waals surface area contributed by atoms with E-state index in [9.17, 15) is 9.59 Å². The van der Waals surface area contributed by atoms with Crippen molar-refractivity contribution in [1.29, 1.82) is 0 Å². The second-order valence-corrected chi connectivity index (χ2v) is 6.89. The third-order valence-corrected chi connectivity index (χ3v) is 5.20. The molecule has 1 fully saturated rings. The molecule has 0 radical (unpaired) electrons. The molecule has 0 unspecified atom stereocenters. The molecule has 2 aromatic rings. The van der Waals surface area contributed by atoms with Crippen LogP contribution in [-0.4, -0.2) is 35.7 Å². The Morgan fingerprint density at radius 2 is 1.52 bits per heavy atom. The summed E-state index contributed by atoms with van der Waals surface area (Å²) in [6.45, 7) is 4.15. The van der Waals surface area contributed by atoms with Gasteiger partial charge in [-0.05, 0) is 29.8 Å². The van der Waals surface area contributed by atoms with Crippen molar-refractivity contribution in [1.82, 2.24) is 0 Å². The molecule has 1 aliphatic rings. The predicted molar refractivity (Wildman–Crippen MR) is 97.8 cm³/mol. The van der Waals surface area contributed by atoms with E-state index in [1.54, 1.807) is 60.3 Å². The Kier molecular flexibility index (Phi) is 5.56. The molecule has 25 heavy (non-hydrogen) atoms. The first-order valence-corrected chi connectivity index (χ1v) is 8.97. The molecule has 1 heterocycles. The number of benzene rings is 2. The lowest BCUT2D eigenvalue weighted by Gasteiger charge is -2.20. The molecule has 0 bridgehead atoms. The smallest absolute Gasteiger partial charge is 0.338 e. The third kappa shape index (κ3) is 4.31. The quantitative estimate of drug-likeness (QED) is 0.605. The van der Waals surface area contributed by atoms with Crippen molar-refractivity contribution in [3.63, 3.8) is 0 Å². The molecule has 5 heteroatoms. The van der Waals surface area contributed by atoms with E-state index in [0.717, 1.165) is 5.57 Å². The minimum Gasteiger partial charge on any atom is -0.461 e. The fraction of sp³-hybridized carbons (Fsp3) is 0.200. The molecule has 2 aromatic carbocycles. The largest absolute Gasteiger partial charge is 0.461 e. The van der Waals surface area contributed by atoms with Gasteiger partial charge in [0.15, 0.2) is 0 Å². The van der Waals surface area contributed by atoms with Gasteiger partial charge in [-0.1, -0.05) is 43.0 Å². The van der Waals surface area contributed by atoms with Gasteiger partial charge in [0.25, 0.3) is 0 Å². The van der Waals surface area contributed by atoms with Gasteiger partial charge in [-0.15, -0.1) is 11.8 Å². The summed E-state index contributed by atoms with van der Waals surface area (Å²) in [5.41, 5.74) is 1.82. The van der Waals surface area contributed by atoms with Gasteiger partial charge in [-0.3, -0.25) is 0 Å². The molecule has 3 rings (SSSR count). The molecule has 128 valence electrons. The lowest BCUT2D eigenvalue weighted by Crippen LogP contribution is -2.30. The van der Waals surface area contributed by atoms with Gasteiger partial charge in [-0.25, -0.2) is 9.59 Å². The van der Waals surface area contributed by atoms with Crippen LogP contribution < -0.4 is 0 Å². The Morgan fingerprint density at radius 1 is 0.960 bits per heavy atom. The van der Waals surface area contributed by atoms with Crippen LogP contribution in [0.15, 0.2) is 72.8 Å². The van der Waals surface area contributed by atoms with Crippen molar-refractivity contribution in [2.75, 3.05) is 12.4 Å². The summed E-state index contributed by atoms with van der Waals surface area (Å²) in [5.74, 6) is -0.0965. The third-order valence-electron chi connectivity index (χ3n) is 3.85. The van der Waals surface area contributed by atoms with E-state index in [0.29, 0.717) is 16.9 Å². The molecule has 0 aromatic heterocycles. The summed E-state index contributed by atoms with van der Waals surface area (Å²) in [6.07, 6.45) is -0.457. The molecule has 4 nitrogen and oxygen atoms in total. The van der Waals surface area contributed by atoms with E-state index in [-0.39, 0.29) is 17.8 Å². The van der Waals surface area contributed by atoms with Crippen molar-refractivity contribution in [3.8, 4) is 0 Å². The average molecular weight is 354 g/mol. The van der Waals surface area contributed by atoms with Gasteiger partial charge in [0.1, 0.15) is 12.7 Å². The molecule has 0 aliphatic carbocycles. The first kappa shape index (κ1) is 17.3. The van der Waals surface area contributed by atoms with Crippen molar-refractivity contribution in [2.45, 2.75) is 11.4 Å². The van der Waals surface area contributed by atoms with Crippen molar-refractivity contribution >= 4 is 23.7 Å². The monoisotopic (exact) mass is 354 g/mol. The number of rotatable bonds is 5. The van der Waals surface area contributed by atoms with Gasteiger partial charge >= 0.3 is 11.9 Å². The molecule has 0 saturated carbocycles. The fourth-order valence-corrected chi connectivity index (χ4v) is 3.69. The summed E-state index contributed by atoms with van der Waals surface area (Å²) in [7, 11) is 0. The number of carbonyl (C=O) groups excluding carboxylic acids is 2. The molecule has 2 atom stereocenters. The second kappa shape index (κ2) is 8.03. The maximum Gasteiger partial charge on any atom is 0.338 e. The Hall–Kier alpha value is -2.53. The molecule has 0 amide bonds. The zero-order valence-corrected chi connectivity index (χ0v) is 14.4. The SMILES string of the molecule is C=C1CS[C@@H](COC(=O)c2ccccc2)[C@@H]1OC(=O)c1ccccc1. The van der Waals surface area contributed by atoms with Gasteiger partial charge < -0.3 is 9.47 Å². The van der Waals surface area contributed by atoms with E-state index in [1.807, 2.05) is 12.1 Å². The highest BCUT2D eigenvalue weighted by atomic mass is 32.2. The Balaban J connectivity index is 1.60. The molecule has 0 spiro atoms. The molecule has 0 N–H and O–H groups in total. The van der Waals surface area contributed by atoms with Crippen molar-refractivity contribution in [3.05, 3.63) is 83.9 Å². The summed E-state index contributed by atoms with van der Waals surface area (Å²) in [5, 5.41) is -0.146. The van der Waals surface area contributed by atoms with Crippen LogP contribution in [0.2, 0.25) is 0 Å². The standard InChI is InChI=1S/C20H18O4S/c1-14-13-25-17(12-23-19(21)15-8-4-2-5-9-15)18(14)24-20(22)16-10-6-3-7-11-16/h2-11,17-18H,1,12-13H2/t17-,18+/m0/s1. The van der Waals surface area contributed by atoms with Crippen LogP contribution in [0.3, 0.4) is 0 Å². The van der Waals surface area contributed by atoms with Crippen LogP contribution in [0.5, 0.6) is 0 Å². The van der Waals surface area contributed by atoms with Crippen molar-refractivity contribution < 1.29 is 19.1 Å². The Bertz CT molecular complexity index is 758. The van der Waals surface area contributed by atoms with E-state index >= 15 is 0 Å². The van der Waals surface area contributed by atoms with Crippen LogP contribution in [0, 0.1) is 0 Å². The number of thioether (sulfide) groups is 1. The average Bonchev–Trinajstić information content (AvgIpc) is 3.01. The highest BCUT2D eigenvalue weighted by Crippen LogP contribution is 2.33. The summed E-state index contributed by atoms with van der Waals surface area (Å²) in [4.78, 5) is 24.3. The number of esters is 2. The maximum absolute atomic E-state index is 12.3. The minimum absolute atomic E-state index is 0.146. The summed E-state index contributed by atoms with van der Waals surface area (Å²) >= 11 is 1.58. The zero-order chi connectivity index (χ0) is 17.6. The number of hydrogen-bond acceptors (Lipinski definition) is 5. The summed E-state index contributed by atoms with van der Waals surface area (Å²) in [6, 6.07) is 17.6. The van der Waals surface area contributed by atoms with E-state index < -0.39 is 12.1 Å². The number of carbonyl (C=O) groups is 2. The second-order valence-electron chi connectivity index (χ2n) is 5.66. The van der Waals surface area contributed by atoms with Gasteiger partial charge in [0, 0.05) is 5.75 Å². The van der Waals surface area contributed by atoms with Crippen LogP contribution in [0.25, 0.3) is 0 Å². The number of hydrogen-bond donors (Lipinski definition) is 0. The Labute approximate surface area is 150 Å². The molecular formula is C20H18O4S. The summed E-state index contributed by atoms with van der Waals surface area (Å²) < 4.78 is 11.0. The highest BCUT2D eigenvalue weighted by Gasteiger charge is 2.35. The van der Waals surface area contributed by atoms with E-state index in [2.05, 4.69) is 6.58 Å². The minimum atomic E-state index is -0.457. The highest BCUT2D eigenvalue weighted by molar-refractivity contribution is 8.00. The molecule has 1 saturated heterocycles. The van der Waals surface area contributed by atoms with Crippen molar-refractivity contribution in [2.24, 2.45) is 0 Å². The lowest BCUT2D eigenvalue weighted by molar-refractivity contribution is 0.0294. The van der Waals surface area contributed by atoms with Gasteiger partial charge in [0.2, 0.25) is 0 Å². The first-order chi connectivity index (χ1) is 12.1. The van der Waals surface area contributed by atoms with E-state index in [1.165, 1.54) is 0 Å². The van der Waals surface area contributed by atoms with E-state index in [4.69, 9.17) is 9.47 Å². The predicted octanol–water partition coefficient (Wildman–Crippen LogP) is 3.74. The van der Waals surface area contributed by atoms with Gasteiger partial charge in [0.05, 0.1) is 16.4 Å². The zero-order valence-electron chi connectivity index (χ0n) is 13.6.